The zero-order valence-corrected chi connectivity index (χ0v) is 12.0. The van der Waals surface area contributed by atoms with Crippen LogP contribution in [0.5, 0.6) is 0 Å². The smallest absolute Gasteiger partial charge is 0.226 e. The van der Waals surface area contributed by atoms with Gasteiger partial charge in [0.2, 0.25) is 5.91 Å². The van der Waals surface area contributed by atoms with Crippen LogP contribution < -0.4 is 0 Å². The van der Waals surface area contributed by atoms with Gasteiger partial charge in [0.1, 0.15) is 0 Å². The minimum absolute atomic E-state index is 0.206. The average molecular weight is 308 g/mol. The van der Waals surface area contributed by atoms with E-state index < -0.39 is 0 Å². The van der Waals surface area contributed by atoms with Crippen LogP contribution in [0.2, 0.25) is 0 Å². The Bertz CT molecular complexity index is 460. The van der Waals surface area contributed by atoms with Crippen molar-refractivity contribution in [3.8, 4) is 0 Å². The van der Waals surface area contributed by atoms with Crippen molar-refractivity contribution < 1.29 is 4.79 Å². The molecule has 1 aromatic carbocycles. The van der Waals surface area contributed by atoms with Crippen LogP contribution in [0.3, 0.4) is 0 Å². The summed E-state index contributed by atoms with van der Waals surface area (Å²) in [5.41, 5.74) is 2.80. The highest BCUT2D eigenvalue weighted by atomic mass is 79.9. The first kappa shape index (κ1) is 12.2. The third kappa shape index (κ3) is 2.33. The van der Waals surface area contributed by atoms with Crippen molar-refractivity contribution in [1.82, 2.24) is 4.90 Å². The van der Waals surface area contributed by atoms with Crippen molar-refractivity contribution in [3.05, 3.63) is 35.4 Å². The van der Waals surface area contributed by atoms with Gasteiger partial charge in [0.25, 0.3) is 0 Å². The van der Waals surface area contributed by atoms with Crippen molar-refractivity contribution in [1.29, 1.82) is 0 Å². The quantitative estimate of drug-likeness (QED) is 0.731. The molecule has 96 valence electrons. The van der Waals surface area contributed by atoms with Gasteiger partial charge < -0.3 is 4.90 Å². The van der Waals surface area contributed by atoms with E-state index in [-0.39, 0.29) is 5.92 Å². The van der Waals surface area contributed by atoms with Gasteiger partial charge in [-0.3, -0.25) is 4.79 Å². The van der Waals surface area contributed by atoms with Gasteiger partial charge in [0.15, 0.2) is 0 Å². The predicted octanol–water partition coefficient (Wildman–Crippen LogP) is 2.79. The van der Waals surface area contributed by atoms with E-state index >= 15 is 0 Å². The normalized spacial score (nSPS) is 27.1. The van der Waals surface area contributed by atoms with Crippen LogP contribution in [0.1, 0.15) is 24.0 Å². The van der Waals surface area contributed by atoms with E-state index in [1.807, 2.05) is 4.90 Å². The van der Waals surface area contributed by atoms with Gasteiger partial charge in [-0.2, -0.15) is 0 Å². The summed E-state index contributed by atoms with van der Waals surface area (Å²) in [6.45, 7) is 1.81. The van der Waals surface area contributed by atoms with E-state index in [1.54, 1.807) is 0 Å². The van der Waals surface area contributed by atoms with Crippen LogP contribution >= 0.6 is 15.9 Å². The van der Waals surface area contributed by atoms with Crippen molar-refractivity contribution >= 4 is 21.8 Å². The van der Waals surface area contributed by atoms with Gasteiger partial charge in [0, 0.05) is 23.8 Å². The maximum absolute atomic E-state index is 12.5. The number of benzene rings is 1. The largest absolute Gasteiger partial charge is 0.341 e. The number of alkyl halides is 1. The number of aryl methyl sites for hydroxylation is 1. The SMILES string of the molecule is O=C(C1CCc2ccccc2C1)N1CCC(Br)C1. The van der Waals surface area contributed by atoms with E-state index in [9.17, 15) is 4.79 Å². The minimum Gasteiger partial charge on any atom is -0.341 e. The maximum atomic E-state index is 12.5. The Balaban J connectivity index is 1.70. The molecule has 0 radical (unpaired) electrons. The van der Waals surface area contributed by atoms with E-state index in [1.165, 1.54) is 11.1 Å². The Morgan fingerprint density at radius 1 is 1.22 bits per heavy atom. The zero-order valence-electron chi connectivity index (χ0n) is 10.4. The van der Waals surface area contributed by atoms with Crippen molar-refractivity contribution in [3.63, 3.8) is 0 Å². The van der Waals surface area contributed by atoms with E-state index in [0.29, 0.717) is 10.7 Å². The van der Waals surface area contributed by atoms with Crippen LogP contribution in [-0.2, 0) is 17.6 Å². The second-order valence-corrected chi connectivity index (χ2v) is 6.67. The van der Waals surface area contributed by atoms with Crippen LogP contribution in [0, 0.1) is 5.92 Å². The summed E-state index contributed by atoms with van der Waals surface area (Å²) in [5.74, 6) is 0.573. The Labute approximate surface area is 116 Å². The molecule has 3 rings (SSSR count). The lowest BCUT2D eigenvalue weighted by Gasteiger charge is -2.27. The molecule has 0 bridgehead atoms. The van der Waals surface area contributed by atoms with Crippen LogP contribution in [0.4, 0.5) is 0 Å². The molecule has 1 saturated heterocycles. The van der Waals surface area contributed by atoms with Crippen molar-refractivity contribution in [2.75, 3.05) is 13.1 Å². The summed E-state index contributed by atoms with van der Waals surface area (Å²) in [4.78, 5) is 15.0. The number of amides is 1. The lowest BCUT2D eigenvalue weighted by molar-refractivity contribution is -0.134. The van der Waals surface area contributed by atoms with E-state index in [0.717, 1.165) is 38.8 Å². The molecule has 3 heteroatoms. The minimum atomic E-state index is 0.206. The van der Waals surface area contributed by atoms with Crippen LogP contribution in [0.15, 0.2) is 24.3 Å². The number of rotatable bonds is 1. The Morgan fingerprint density at radius 3 is 2.72 bits per heavy atom. The fraction of sp³-hybridized carbons (Fsp3) is 0.533. The molecule has 1 amide bonds. The number of carbonyl (C=O) groups is 1. The Morgan fingerprint density at radius 2 is 2.00 bits per heavy atom. The van der Waals surface area contributed by atoms with Crippen LogP contribution in [0.25, 0.3) is 0 Å². The van der Waals surface area contributed by atoms with Crippen LogP contribution in [-0.4, -0.2) is 28.7 Å². The van der Waals surface area contributed by atoms with E-state index in [4.69, 9.17) is 0 Å². The number of fused-ring (bicyclic) bond motifs is 1. The first-order valence-electron chi connectivity index (χ1n) is 6.73. The number of carbonyl (C=O) groups excluding carboxylic acids is 1. The number of hydrogen-bond donors (Lipinski definition) is 0. The molecule has 1 aliphatic carbocycles. The molecule has 1 aliphatic heterocycles. The second kappa shape index (κ2) is 5.04. The highest BCUT2D eigenvalue weighted by Gasteiger charge is 2.31. The van der Waals surface area contributed by atoms with Gasteiger partial charge in [-0.15, -0.1) is 0 Å². The number of hydrogen-bond acceptors (Lipinski definition) is 1. The lowest BCUT2D eigenvalue weighted by atomic mass is 9.83. The van der Waals surface area contributed by atoms with Gasteiger partial charge in [-0.05, 0) is 36.8 Å². The first-order valence-corrected chi connectivity index (χ1v) is 7.65. The molecule has 1 aromatic rings. The molecule has 1 fully saturated rings. The molecule has 0 N–H and O–H groups in total. The number of likely N-dealkylation sites (tertiary alicyclic amines) is 1. The average Bonchev–Trinajstić information content (AvgIpc) is 2.84. The highest BCUT2D eigenvalue weighted by Crippen LogP contribution is 2.28. The summed E-state index contributed by atoms with van der Waals surface area (Å²) in [7, 11) is 0. The number of nitrogens with zero attached hydrogens (tertiary/aromatic N) is 1. The monoisotopic (exact) mass is 307 g/mol. The Kier molecular flexibility index (Phi) is 3.42. The summed E-state index contributed by atoms with van der Waals surface area (Å²) >= 11 is 3.60. The third-order valence-corrected chi connectivity index (χ3v) is 4.89. The lowest BCUT2D eigenvalue weighted by Crippen LogP contribution is -2.37. The van der Waals surface area contributed by atoms with Gasteiger partial charge in [-0.25, -0.2) is 0 Å². The fourth-order valence-corrected chi connectivity index (χ4v) is 3.64. The van der Waals surface area contributed by atoms with E-state index in [2.05, 4.69) is 40.2 Å². The molecule has 1 heterocycles. The van der Waals surface area contributed by atoms with Gasteiger partial charge in [0.05, 0.1) is 0 Å². The number of halogens is 1. The topological polar surface area (TPSA) is 20.3 Å². The maximum Gasteiger partial charge on any atom is 0.226 e. The summed E-state index contributed by atoms with van der Waals surface area (Å²) in [6, 6.07) is 8.54. The molecule has 0 aromatic heterocycles. The summed E-state index contributed by atoms with van der Waals surface area (Å²) in [5, 5.41) is 0. The molecular formula is C15H18BrNO. The molecule has 2 aliphatic rings. The molecule has 2 unspecified atom stereocenters. The molecule has 0 spiro atoms. The zero-order chi connectivity index (χ0) is 12.5. The first-order chi connectivity index (χ1) is 8.74. The second-order valence-electron chi connectivity index (χ2n) is 5.38. The van der Waals surface area contributed by atoms with Crippen molar-refractivity contribution in [2.45, 2.75) is 30.5 Å². The predicted molar refractivity (Wildman–Crippen MR) is 75.9 cm³/mol. The Hall–Kier alpha value is -0.830. The third-order valence-electron chi connectivity index (χ3n) is 4.14. The van der Waals surface area contributed by atoms with Gasteiger partial charge >= 0.3 is 0 Å². The molecular weight excluding hydrogens is 290 g/mol. The molecule has 0 saturated carbocycles. The summed E-state index contributed by atoms with van der Waals surface area (Å²) in [6.07, 6.45) is 4.09. The molecule has 18 heavy (non-hydrogen) atoms. The van der Waals surface area contributed by atoms with Crippen molar-refractivity contribution in [2.24, 2.45) is 5.92 Å². The highest BCUT2D eigenvalue weighted by molar-refractivity contribution is 9.09. The fourth-order valence-electron chi connectivity index (χ4n) is 3.08. The standard InChI is InChI=1S/C15H18BrNO/c16-14-7-8-17(10-14)15(18)13-6-5-11-3-1-2-4-12(11)9-13/h1-4,13-14H,5-10H2. The molecule has 2 atom stereocenters. The van der Waals surface area contributed by atoms with Gasteiger partial charge in [-0.1, -0.05) is 40.2 Å². The summed E-state index contributed by atoms with van der Waals surface area (Å²) < 4.78 is 0. The molecule has 2 nitrogen and oxygen atoms in total.